The maximum atomic E-state index is 8.49. The molecule has 0 aliphatic heterocycles. The first-order chi connectivity index (χ1) is 7.42. The lowest BCUT2D eigenvalue weighted by Gasteiger charge is -2.13. The molecule has 1 fully saturated rings. The molecule has 0 bridgehead atoms. The van der Waals surface area contributed by atoms with Gasteiger partial charge in [0.1, 0.15) is 0 Å². The number of imidazole rings is 1. The fraction of sp³-hybridized carbons (Fsp3) is 0.636. The Labute approximate surface area is 94.5 Å². The van der Waals surface area contributed by atoms with Gasteiger partial charge in [0.05, 0.1) is 6.07 Å². The third-order valence-electron chi connectivity index (χ3n) is 2.80. The van der Waals surface area contributed by atoms with Crippen molar-refractivity contribution in [3.05, 3.63) is 12.4 Å². The summed E-state index contributed by atoms with van der Waals surface area (Å²) >= 11 is 1.69. The lowest BCUT2D eigenvalue weighted by Crippen LogP contribution is -2.04. The molecule has 15 heavy (non-hydrogen) atoms. The summed E-state index contributed by atoms with van der Waals surface area (Å²) in [5.41, 5.74) is 0. The topological polar surface area (TPSA) is 41.6 Å². The first kappa shape index (κ1) is 10.6. The van der Waals surface area contributed by atoms with Crippen LogP contribution in [0.25, 0.3) is 0 Å². The van der Waals surface area contributed by atoms with Crippen LogP contribution in [-0.4, -0.2) is 15.3 Å². The molecule has 1 aromatic heterocycles. The molecule has 0 spiro atoms. The molecule has 80 valence electrons. The minimum Gasteiger partial charge on any atom is -0.323 e. The molecule has 3 nitrogen and oxygen atoms in total. The monoisotopic (exact) mass is 221 g/mol. The number of hydrogen-bond acceptors (Lipinski definition) is 3. The molecule has 1 heterocycles. The molecule has 0 amide bonds. The fourth-order valence-corrected chi connectivity index (χ4v) is 2.93. The molecule has 0 atom stereocenters. The second kappa shape index (κ2) is 5.22. The standard InChI is InChI=1S/C11H15N3S/c12-6-3-9-15-11-13-7-8-14(11)10-4-1-2-5-10/h7-8,10H,1-5,9H2. The van der Waals surface area contributed by atoms with Gasteiger partial charge in [-0.25, -0.2) is 4.98 Å². The molecule has 1 saturated carbocycles. The Morgan fingerprint density at radius 3 is 3.07 bits per heavy atom. The summed E-state index contributed by atoms with van der Waals surface area (Å²) < 4.78 is 2.29. The number of aromatic nitrogens is 2. The fourth-order valence-electron chi connectivity index (χ4n) is 2.06. The van der Waals surface area contributed by atoms with Gasteiger partial charge in [-0.05, 0) is 12.8 Å². The summed E-state index contributed by atoms with van der Waals surface area (Å²) in [7, 11) is 0. The lowest BCUT2D eigenvalue weighted by atomic mass is 10.2. The molecule has 0 aromatic carbocycles. The van der Waals surface area contributed by atoms with Gasteiger partial charge in [0.15, 0.2) is 5.16 Å². The summed E-state index contributed by atoms with van der Waals surface area (Å²) in [5.74, 6) is 0.847. The molecular weight excluding hydrogens is 206 g/mol. The highest BCUT2D eigenvalue weighted by Crippen LogP contribution is 2.32. The molecule has 1 aromatic rings. The second-order valence-electron chi connectivity index (χ2n) is 3.81. The Morgan fingerprint density at radius 2 is 2.33 bits per heavy atom. The van der Waals surface area contributed by atoms with Gasteiger partial charge in [-0.1, -0.05) is 24.6 Å². The van der Waals surface area contributed by atoms with Crippen LogP contribution in [0.1, 0.15) is 38.1 Å². The zero-order chi connectivity index (χ0) is 10.5. The Balaban J connectivity index is 1.98. The largest absolute Gasteiger partial charge is 0.323 e. The summed E-state index contributed by atoms with van der Waals surface area (Å²) in [4.78, 5) is 4.35. The van der Waals surface area contributed by atoms with Crippen LogP contribution in [-0.2, 0) is 0 Å². The van der Waals surface area contributed by atoms with Crippen LogP contribution in [0.4, 0.5) is 0 Å². The number of nitriles is 1. The van der Waals surface area contributed by atoms with Crippen molar-refractivity contribution in [2.75, 3.05) is 5.75 Å². The molecule has 4 heteroatoms. The lowest BCUT2D eigenvalue weighted by molar-refractivity contribution is 0.481. The van der Waals surface area contributed by atoms with Crippen molar-refractivity contribution in [3.63, 3.8) is 0 Å². The zero-order valence-corrected chi connectivity index (χ0v) is 9.54. The van der Waals surface area contributed by atoms with Crippen LogP contribution >= 0.6 is 11.8 Å². The van der Waals surface area contributed by atoms with Gasteiger partial charge in [-0.3, -0.25) is 0 Å². The van der Waals surface area contributed by atoms with Crippen LogP contribution in [0.15, 0.2) is 17.6 Å². The predicted molar refractivity (Wildman–Crippen MR) is 60.7 cm³/mol. The van der Waals surface area contributed by atoms with Crippen LogP contribution in [0, 0.1) is 11.3 Å². The Hall–Kier alpha value is -0.950. The SMILES string of the molecule is N#CCCSc1nccn1C1CCCC1. The van der Waals surface area contributed by atoms with Crippen LogP contribution in [0.2, 0.25) is 0 Å². The average Bonchev–Trinajstić information content (AvgIpc) is 2.87. The van der Waals surface area contributed by atoms with E-state index in [0.717, 1.165) is 10.9 Å². The third kappa shape index (κ3) is 2.54. The number of hydrogen-bond donors (Lipinski definition) is 0. The maximum Gasteiger partial charge on any atom is 0.168 e. The van der Waals surface area contributed by atoms with Gasteiger partial charge in [-0.2, -0.15) is 5.26 Å². The highest BCUT2D eigenvalue weighted by Gasteiger charge is 2.18. The van der Waals surface area contributed by atoms with Gasteiger partial charge >= 0.3 is 0 Å². The van der Waals surface area contributed by atoms with Crippen molar-refractivity contribution in [3.8, 4) is 6.07 Å². The van der Waals surface area contributed by atoms with Crippen molar-refractivity contribution in [2.45, 2.75) is 43.3 Å². The van der Waals surface area contributed by atoms with Crippen molar-refractivity contribution in [1.82, 2.24) is 9.55 Å². The van der Waals surface area contributed by atoms with E-state index in [2.05, 4.69) is 21.8 Å². The smallest absolute Gasteiger partial charge is 0.168 e. The van der Waals surface area contributed by atoms with Crippen molar-refractivity contribution < 1.29 is 0 Å². The van der Waals surface area contributed by atoms with E-state index in [1.165, 1.54) is 25.7 Å². The molecule has 0 radical (unpaired) electrons. The first-order valence-corrected chi connectivity index (χ1v) is 6.43. The number of rotatable bonds is 4. The Morgan fingerprint density at radius 1 is 1.53 bits per heavy atom. The normalized spacial score (nSPS) is 16.7. The molecule has 0 unspecified atom stereocenters. The van der Waals surface area contributed by atoms with Gasteiger partial charge in [0.2, 0.25) is 0 Å². The summed E-state index contributed by atoms with van der Waals surface area (Å²) in [5, 5.41) is 9.57. The Kier molecular flexibility index (Phi) is 3.68. The second-order valence-corrected chi connectivity index (χ2v) is 4.87. The quantitative estimate of drug-likeness (QED) is 0.579. The summed E-state index contributed by atoms with van der Waals surface area (Å²) in [6.45, 7) is 0. The highest BCUT2D eigenvalue weighted by atomic mass is 32.2. The minimum atomic E-state index is 0.599. The number of nitrogens with zero attached hydrogens (tertiary/aromatic N) is 3. The van der Waals surface area contributed by atoms with Gasteiger partial charge in [-0.15, -0.1) is 0 Å². The maximum absolute atomic E-state index is 8.49. The van der Waals surface area contributed by atoms with E-state index in [9.17, 15) is 0 Å². The minimum absolute atomic E-state index is 0.599. The Bertz CT molecular complexity index is 347. The van der Waals surface area contributed by atoms with Gasteiger partial charge < -0.3 is 4.57 Å². The average molecular weight is 221 g/mol. The molecule has 2 rings (SSSR count). The van der Waals surface area contributed by atoms with E-state index in [1.54, 1.807) is 11.8 Å². The van der Waals surface area contributed by atoms with Crippen molar-refractivity contribution in [1.29, 1.82) is 5.26 Å². The van der Waals surface area contributed by atoms with Gasteiger partial charge in [0, 0.05) is 30.6 Å². The summed E-state index contributed by atoms with van der Waals surface area (Å²) in [6, 6.07) is 2.81. The first-order valence-electron chi connectivity index (χ1n) is 5.44. The molecular formula is C11H15N3S. The van der Waals surface area contributed by atoms with Crippen molar-refractivity contribution in [2.24, 2.45) is 0 Å². The third-order valence-corrected chi connectivity index (χ3v) is 3.78. The summed E-state index contributed by atoms with van der Waals surface area (Å²) in [6.07, 6.45) is 9.78. The molecule has 1 aliphatic carbocycles. The van der Waals surface area contributed by atoms with E-state index in [0.29, 0.717) is 12.5 Å². The van der Waals surface area contributed by atoms with E-state index < -0.39 is 0 Å². The van der Waals surface area contributed by atoms with Crippen LogP contribution in [0.3, 0.4) is 0 Å². The zero-order valence-electron chi connectivity index (χ0n) is 8.72. The van der Waals surface area contributed by atoms with Gasteiger partial charge in [0.25, 0.3) is 0 Å². The van der Waals surface area contributed by atoms with E-state index in [-0.39, 0.29) is 0 Å². The van der Waals surface area contributed by atoms with Crippen molar-refractivity contribution >= 4 is 11.8 Å². The van der Waals surface area contributed by atoms with Crippen LogP contribution < -0.4 is 0 Å². The predicted octanol–water partition coefficient (Wildman–Crippen LogP) is 3.00. The highest BCUT2D eigenvalue weighted by molar-refractivity contribution is 7.99. The number of thioether (sulfide) groups is 1. The van der Waals surface area contributed by atoms with E-state index in [1.807, 2.05) is 6.20 Å². The molecule has 0 saturated heterocycles. The molecule has 0 N–H and O–H groups in total. The van der Waals surface area contributed by atoms with E-state index in [4.69, 9.17) is 5.26 Å². The molecule has 1 aliphatic rings. The van der Waals surface area contributed by atoms with E-state index >= 15 is 0 Å². The van der Waals surface area contributed by atoms with Crippen LogP contribution in [0.5, 0.6) is 0 Å².